The van der Waals surface area contributed by atoms with Crippen molar-refractivity contribution in [1.82, 2.24) is 0 Å². The number of para-hydroxylation sites is 3. The highest BCUT2D eigenvalue weighted by Gasteiger charge is 2.10. The number of nitrogens with one attached hydrogen (secondary N) is 1. The lowest BCUT2D eigenvalue weighted by molar-refractivity contribution is -0.142. The summed E-state index contributed by atoms with van der Waals surface area (Å²) >= 11 is 0. The van der Waals surface area contributed by atoms with E-state index in [2.05, 4.69) is 5.32 Å². The van der Waals surface area contributed by atoms with Gasteiger partial charge in [-0.1, -0.05) is 42.5 Å². The standard InChI is InChI=1S/C24H21NO5/c1-28-19-14-11-18(12-15-19)13-16-24(27)29-17-23(26)25-21-9-5-6-10-22(21)30-20-7-3-2-4-8-20/h2-16H,17H2,1H3,(H,25,26)/b16-13+. The molecule has 6 heteroatoms. The normalized spacial score (nSPS) is 10.4. The van der Waals surface area contributed by atoms with Crippen LogP contribution in [0.25, 0.3) is 6.08 Å². The molecule has 1 N–H and O–H groups in total. The van der Waals surface area contributed by atoms with Crippen LogP contribution < -0.4 is 14.8 Å². The van der Waals surface area contributed by atoms with E-state index in [1.807, 2.05) is 30.3 Å². The molecule has 0 aromatic heterocycles. The monoisotopic (exact) mass is 403 g/mol. The SMILES string of the molecule is COc1ccc(/C=C/C(=O)OCC(=O)Nc2ccccc2Oc2ccccc2)cc1. The van der Waals surface area contributed by atoms with Gasteiger partial charge in [0.1, 0.15) is 11.5 Å². The number of benzene rings is 3. The summed E-state index contributed by atoms with van der Waals surface area (Å²) in [7, 11) is 1.58. The van der Waals surface area contributed by atoms with Crippen LogP contribution in [0.5, 0.6) is 17.2 Å². The molecule has 152 valence electrons. The third kappa shape index (κ3) is 6.24. The Balaban J connectivity index is 1.52. The molecule has 0 saturated heterocycles. The van der Waals surface area contributed by atoms with Crippen LogP contribution >= 0.6 is 0 Å². The predicted octanol–water partition coefficient (Wildman–Crippen LogP) is 4.68. The number of carbonyl (C=O) groups excluding carboxylic acids is 2. The second-order valence-electron chi connectivity index (χ2n) is 6.17. The van der Waals surface area contributed by atoms with E-state index in [1.165, 1.54) is 6.08 Å². The summed E-state index contributed by atoms with van der Waals surface area (Å²) in [5.74, 6) is 0.778. The maximum Gasteiger partial charge on any atom is 0.331 e. The molecule has 0 aliphatic rings. The largest absolute Gasteiger partial charge is 0.497 e. The van der Waals surface area contributed by atoms with E-state index in [0.717, 1.165) is 11.3 Å². The Kier molecular flexibility index (Phi) is 7.22. The lowest BCUT2D eigenvalue weighted by Gasteiger charge is -2.12. The van der Waals surface area contributed by atoms with E-state index in [1.54, 1.807) is 61.7 Å². The Morgan fingerprint density at radius 3 is 2.30 bits per heavy atom. The van der Waals surface area contributed by atoms with Gasteiger partial charge in [-0.25, -0.2) is 4.79 Å². The van der Waals surface area contributed by atoms with Crippen molar-refractivity contribution in [2.45, 2.75) is 0 Å². The molecule has 3 rings (SSSR count). The van der Waals surface area contributed by atoms with Gasteiger partial charge in [0, 0.05) is 6.08 Å². The summed E-state index contributed by atoms with van der Waals surface area (Å²) in [6, 6.07) is 23.4. The zero-order valence-corrected chi connectivity index (χ0v) is 16.4. The molecule has 30 heavy (non-hydrogen) atoms. The molecule has 0 aliphatic carbocycles. The number of esters is 1. The van der Waals surface area contributed by atoms with Crippen molar-refractivity contribution in [3.63, 3.8) is 0 Å². The van der Waals surface area contributed by atoms with Crippen LogP contribution in [0.1, 0.15) is 5.56 Å². The average Bonchev–Trinajstić information content (AvgIpc) is 2.78. The van der Waals surface area contributed by atoms with Gasteiger partial charge in [0.05, 0.1) is 12.8 Å². The van der Waals surface area contributed by atoms with Gasteiger partial charge in [0.2, 0.25) is 0 Å². The minimum absolute atomic E-state index is 0.411. The molecule has 0 radical (unpaired) electrons. The first kappa shape index (κ1) is 20.7. The number of rotatable bonds is 8. The molecule has 0 unspecified atom stereocenters. The van der Waals surface area contributed by atoms with Crippen LogP contribution in [-0.4, -0.2) is 25.6 Å². The van der Waals surface area contributed by atoms with Gasteiger partial charge in [-0.05, 0) is 48.0 Å². The van der Waals surface area contributed by atoms with Gasteiger partial charge < -0.3 is 19.5 Å². The smallest absolute Gasteiger partial charge is 0.331 e. The fourth-order valence-electron chi connectivity index (χ4n) is 2.52. The summed E-state index contributed by atoms with van der Waals surface area (Å²) in [5, 5.41) is 2.69. The molecule has 0 fully saturated rings. The second-order valence-corrected chi connectivity index (χ2v) is 6.17. The van der Waals surface area contributed by atoms with Gasteiger partial charge in [0.25, 0.3) is 5.91 Å². The Bertz CT molecular complexity index is 1010. The highest BCUT2D eigenvalue weighted by Crippen LogP contribution is 2.29. The zero-order chi connectivity index (χ0) is 21.2. The highest BCUT2D eigenvalue weighted by atomic mass is 16.5. The van der Waals surface area contributed by atoms with Crippen LogP contribution in [0.3, 0.4) is 0 Å². The van der Waals surface area contributed by atoms with Gasteiger partial charge >= 0.3 is 5.97 Å². The van der Waals surface area contributed by atoms with Crippen LogP contribution in [0.4, 0.5) is 5.69 Å². The molecule has 0 saturated carbocycles. The van der Waals surface area contributed by atoms with E-state index in [4.69, 9.17) is 14.2 Å². The third-order valence-electron chi connectivity index (χ3n) is 4.01. The van der Waals surface area contributed by atoms with Crippen molar-refractivity contribution in [2.75, 3.05) is 19.0 Å². The van der Waals surface area contributed by atoms with Gasteiger partial charge in [0.15, 0.2) is 12.4 Å². The Hall–Kier alpha value is -4.06. The van der Waals surface area contributed by atoms with Crippen molar-refractivity contribution in [3.05, 3.63) is 90.5 Å². The lowest BCUT2D eigenvalue weighted by Crippen LogP contribution is -2.20. The van der Waals surface area contributed by atoms with E-state index in [-0.39, 0.29) is 0 Å². The molecule has 0 heterocycles. The van der Waals surface area contributed by atoms with Crippen molar-refractivity contribution >= 4 is 23.6 Å². The van der Waals surface area contributed by atoms with Crippen molar-refractivity contribution in [1.29, 1.82) is 0 Å². The van der Waals surface area contributed by atoms with Gasteiger partial charge in [-0.15, -0.1) is 0 Å². The Morgan fingerprint density at radius 1 is 0.867 bits per heavy atom. The Morgan fingerprint density at radius 2 is 1.57 bits per heavy atom. The Labute approximate surface area is 174 Å². The lowest BCUT2D eigenvalue weighted by atomic mass is 10.2. The number of methoxy groups -OCH3 is 1. The molecule has 3 aromatic carbocycles. The number of ether oxygens (including phenoxy) is 3. The number of amides is 1. The third-order valence-corrected chi connectivity index (χ3v) is 4.01. The second kappa shape index (κ2) is 10.5. The number of hydrogen-bond acceptors (Lipinski definition) is 5. The van der Waals surface area contributed by atoms with Crippen molar-refractivity contribution in [2.24, 2.45) is 0 Å². The van der Waals surface area contributed by atoms with Crippen LogP contribution in [0, 0.1) is 0 Å². The summed E-state index contributed by atoms with van der Waals surface area (Å²) in [6.07, 6.45) is 2.87. The van der Waals surface area contributed by atoms with E-state index in [9.17, 15) is 9.59 Å². The summed E-state index contributed by atoms with van der Waals surface area (Å²) < 4.78 is 15.9. The fourth-order valence-corrected chi connectivity index (χ4v) is 2.52. The minimum atomic E-state index is -0.616. The quantitative estimate of drug-likeness (QED) is 0.437. The molecular weight excluding hydrogens is 382 g/mol. The van der Waals surface area contributed by atoms with E-state index in [0.29, 0.717) is 17.2 Å². The summed E-state index contributed by atoms with van der Waals surface area (Å²) in [4.78, 5) is 24.1. The van der Waals surface area contributed by atoms with Crippen LogP contribution in [-0.2, 0) is 14.3 Å². The summed E-state index contributed by atoms with van der Waals surface area (Å²) in [5.41, 5.74) is 1.29. The molecular formula is C24H21NO5. The molecule has 3 aromatic rings. The highest BCUT2D eigenvalue weighted by molar-refractivity contribution is 5.95. The first-order valence-electron chi connectivity index (χ1n) is 9.25. The van der Waals surface area contributed by atoms with Gasteiger partial charge in [-0.3, -0.25) is 4.79 Å². The summed E-state index contributed by atoms with van der Waals surface area (Å²) in [6.45, 7) is -0.411. The maximum atomic E-state index is 12.2. The average molecular weight is 403 g/mol. The number of anilines is 1. The van der Waals surface area contributed by atoms with E-state index >= 15 is 0 Å². The minimum Gasteiger partial charge on any atom is -0.497 e. The van der Waals surface area contributed by atoms with Crippen molar-refractivity contribution in [3.8, 4) is 17.2 Å². The van der Waals surface area contributed by atoms with Crippen LogP contribution in [0.15, 0.2) is 84.9 Å². The predicted molar refractivity (Wildman–Crippen MR) is 115 cm³/mol. The first-order valence-corrected chi connectivity index (χ1v) is 9.25. The first-order chi connectivity index (χ1) is 14.6. The molecule has 0 atom stereocenters. The van der Waals surface area contributed by atoms with E-state index < -0.39 is 18.5 Å². The molecule has 0 aliphatic heterocycles. The molecule has 0 bridgehead atoms. The molecule has 0 spiro atoms. The maximum absolute atomic E-state index is 12.2. The number of hydrogen-bond donors (Lipinski definition) is 1. The molecule has 1 amide bonds. The number of carbonyl (C=O) groups is 2. The fraction of sp³-hybridized carbons (Fsp3) is 0.0833. The zero-order valence-electron chi connectivity index (χ0n) is 16.4. The van der Waals surface area contributed by atoms with Crippen molar-refractivity contribution < 1.29 is 23.8 Å². The van der Waals surface area contributed by atoms with Gasteiger partial charge in [-0.2, -0.15) is 0 Å². The topological polar surface area (TPSA) is 73.9 Å². The molecule has 6 nitrogen and oxygen atoms in total. The van der Waals surface area contributed by atoms with Crippen LogP contribution in [0.2, 0.25) is 0 Å².